The molecule has 0 heterocycles. The molecule has 0 saturated carbocycles. The van der Waals surface area contributed by atoms with Gasteiger partial charge in [0.05, 0.1) is 20.3 Å². The van der Waals surface area contributed by atoms with Gasteiger partial charge in [-0.3, -0.25) is 0 Å². The summed E-state index contributed by atoms with van der Waals surface area (Å²) in [4.78, 5) is 6.44. The molecule has 0 radical (unpaired) electrons. The van der Waals surface area contributed by atoms with Gasteiger partial charge in [-0.05, 0) is 12.1 Å². The van der Waals surface area contributed by atoms with Crippen LogP contribution in [0.3, 0.4) is 0 Å². The van der Waals surface area contributed by atoms with Gasteiger partial charge in [0.1, 0.15) is 5.75 Å². The molecule has 0 aromatic heterocycles. The Morgan fingerprint density at radius 1 is 1.25 bits per heavy atom. The van der Waals surface area contributed by atoms with Crippen LogP contribution in [0.5, 0.6) is 5.75 Å². The third kappa shape index (κ3) is 1.36. The van der Waals surface area contributed by atoms with Gasteiger partial charge in [0, 0.05) is 0 Å². The molecule has 0 aliphatic carbocycles. The van der Waals surface area contributed by atoms with Crippen LogP contribution in [0.2, 0.25) is 0 Å². The molecule has 12 heavy (non-hydrogen) atoms. The molecule has 0 spiro atoms. The minimum absolute atomic E-state index is 0.381. The van der Waals surface area contributed by atoms with E-state index in [2.05, 4.69) is 9.69 Å². The second-order valence-electron chi connectivity index (χ2n) is 2.08. The predicted molar refractivity (Wildman–Crippen MR) is 45.5 cm³/mol. The van der Waals surface area contributed by atoms with Crippen molar-refractivity contribution in [2.24, 2.45) is 0 Å². The third-order valence-corrected chi connectivity index (χ3v) is 1.41. The molecule has 1 aromatic carbocycles. The first-order valence-corrected chi connectivity index (χ1v) is 3.24. The van der Waals surface area contributed by atoms with E-state index in [0.29, 0.717) is 17.1 Å². The molecular weight excluding hydrogens is 152 g/mol. The number of ether oxygens (including phenoxy) is 1. The van der Waals surface area contributed by atoms with Crippen LogP contribution in [0.4, 0.5) is 11.4 Å². The van der Waals surface area contributed by atoms with Crippen LogP contribution in [0, 0.1) is 13.1 Å². The molecule has 0 saturated heterocycles. The first-order valence-electron chi connectivity index (χ1n) is 3.24. The zero-order valence-corrected chi connectivity index (χ0v) is 6.53. The van der Waals surface area contributed by atoms with Crippen LogP contribution in [0.25, 0.3) is 9.69 Å². The highest BCUT2D eigenvalue weighted by Crippen LogP contribution is 2.31. The largest absolute Gasteiger partial charge is 0.508 e. The van der Waals surface area contributed by atoms with Crippen LogP contribution in [0.15, 0.2) is 18.2 Å². The number of benzene rings is 1. The van der Waals surface area contributed by atoms with Crippen molar-refractivity contribution in [3.8, 4) is 5.75 Å². The Hall–Kier alpha value is -2.00. The summed E-state index contributed by atoms with van der Waals surface area (Å²) < 4.78 is 4.92. The number of hydrogen-bond donors (Lipinski definition) is 0. The molecule has 0 atom stereocenters. The number of rotatable bonds is 1. The topological polar surface area (TPSA) is 17.9 Å². The molecule has 0 aliphatic rings. The molecule has 0 amide bonds. The van der Waals surface area contributed by atoms with Gasteiger partial charge in [0.25, 0.3) is 0 Å². The summed E-state index contributed by atoms with van der Waals surface area (Å²) in [6.45, 7) is 13.5. The maximum Gasteiger partial charge on any atom is 0.218 e. The van der Waals surface area contributed by atoms with Crippen molar-refractivity contribution in [3.63, 3.8) is 0 Å². The lowest BCUT2D eigenvalue weighted by Gasteiger charge is -2.01. The number of nitrogens with zero attached hydrogens (tertiary/aromatic N) is 2. The maximum atomic E-state index is 6.80. The second kappa shape index (κ2) is 3.41. The SMILES string of the molecule is [C-]#[N+]c1ccc(OC)c([N+]#[C-])c1. The second-order valence-corrected chi connectivity index (χ2v) is 2.08. The molecular formula is C9H6N2O. The van der Waals surface area contributed by atoms with E-state index in [0.717, 1.165) is 0 Å². The number of methoxy groups -OCH3 is 1. The van der Waals surface area contributed by atoms with Crippen molar-refractivity contribution in [1.29, 1.82) is 0 Å². The zero-order valence-electron chi connectivity index (χ0n) is 6.53. The van der Waals surface area contributed by atoms with Crippen molar-refractivity contribution in [3.05, 3.63) is 41.0 Å². The summed E-state index contributed by atoms with van der Waals surface area (Å²) in [6, 6.07) is 4.76. The Kier molecular flexibility index (Phi) is 2.30. The van der Waals surface area contributed by atoms with Crippen molar-refractivity contribution in [2.45, 2.75) is 0 Å². The van der Waals surface area contributed by atoms with E-state index >= 15 is 0 Å². The Labute approximate surface area is 70.8 Å². The molecule has 0 bridgehead atoms. The van der Waals surface area contributed by atoms with Gasteiger partial charge in [0.2, 0.25) is 5.69 Å². The summed E-state index contributed by atoms with van der Waals surface area (Å²) in [5.74, 6) is 0.511. The summed E-state index contributed by atoms with van der Waals surface area (Å²) in [7, 11) is 1.50. The Morgan fingerprint density at radius 2 is 2.00 bits per heavy atom. The van der Waals surface area contributed by atoms with Gasteiger partial charge < -0.3 is 4.74 Å². The smallest absolute Gasteiger partial charge is 0.218 e. The molecule has 3 heteroatoms. The highest BCUT2D eigenvalue weighted by molar-refractivity contribution is 5.65. The van der Waals surface area contributed by atoms with E-state index < -0.39 is 0 Å². The van der Waals surface area contributed by atoms with Gasteiger partial charge in [-0.25, -0.2) is 9.69 Å². The molecule has 1 rings (SSSR count). The first kappa shape index (κ1) is 8.10. The third-order valence-electron chi connectivity index (χ3n) is 1.41. The van der Waals surface area contributed by atoms with Crippen molar-refractivity contribution in [1.82, 2.24) is 0 Å². The molecule has 0 unspecified atom stereocenters. The van der Waals surface area contributed by atoms with Crippen molar-refractivity contribution >= 4 is 11.4 Å². The quantitative estimate of drug-likeness (QED) is 0.574. The summed E-state index contributed by atoms with van der Waals surface area (Å²) in [6.07, 6.45) is 0. The maximum absolute atomic E-state index is 6.80. The van der Waals surface area contributed by atoms with Crippen molar-refractivity contribution in [2.75, 3.05) is 7.11 Å². The van der Waals surface area contributed by atoms with E-state index in [1.54, 1.807) is 12.1 Å². The monoisotopic (exact) mass is 158 g/mol. The summed E-state index contributed by atoms with van der Waals surface area (Å²) >= 11 is 0. The van der Waals surface area contributed by atoms with Crippen LogP contribution < -0.4 is 4.74 Å². The van der Waals surface area contributed by atoms with Crippen LogP contribution in [-0.4, -0.2) is 7.11 Å². The molecule has 3 nitrogen and oxygen atoms in total. The van der Waals surface area contributed by atoms with E-state index in [1.807, 2.05) is 0 Å². The van der Waals surface area contributed by atoms with Crippen molar-refractivity contribution < 1.29 is 4.74 Å². The van der Waals surface area contributed by atoms with E-state index in [4.69, 9.17) is 17.9 Å². The minimum atomic E-state index is 0.381. The lowest BCUT2D eigenvalue weighted by molar-refractivity contribution is 0.417. The average Bonchev–Trinajstić information content (AvgIpc) is 2.16. The van der Waals surface area contributed by atoms with E-state index in [1.165, 1.54) is 13.2 Å². The van der Waals surface area contributed by atoms with Gasteiger partial charge in [-0.2, -0.15) is 0 Å². The van der Waals surface area contributed by atoms with Gasteiger partial charge in [0.15, 0.2) is 5.69 Å². The van der Waals surface area contributed by atoms with Gasteiger partial charge in [-0.15, -0.1) is 0 Å². The molecule has 1 aromatic rings. The Balaban J connectivity index is 3.24. The van der Waals surface area contributed by atoms with Crippen LogP contribution >= 0.6 is 0 Å². The zero-order chi connectivity index (χ0) is 8.97. The highest BCUT2D eigenvalue weighted by atomic mass is 16.5. The number of hydrogen-bond acceptors (Lipinski definition) is 1. The fourth-order valence-electron chi connectivity index (χ4n) is 0.835. The minimum Gasteiger partial charge on any atom is -0.508 e. The summed E-state index contributed by atoms with van der Waals surface area (Å²) in [5, 5.41) is 0. The molecule has 58 valence electrons. The lowest BCUT2D eigenvalue weighted by atomic mass is 10.2. The van der Waals surface area contributed by atoms with E-state index in [-0.39, 0.29) is 0 Å². The van der Waals surface area contributed by atoms with Crippen LogP contribution in [0.1, 0.15) is 0 Å². The highest BCUT2D eigenvalue weighted by Gasteiger charge is 2.02. The van der Waals surface area contributed by atoms with E-state index in [9.17, 15) is 0 Å². The Morgan fingerprint density at radius 3 is 2.50 bits per heavy atom. The molecule has 0 aliphatic heterocycles. The lowest BCUT2D eigenvalue weighted by Crippen LogP contribution is -1.80. The Bertz CT molecular complexity index is 371. The normalized spacial score (nSPS) is 8.25. The standard InChI is InChI=1S/C9H6N2O/c1-10-7-4-5-9(12-3)8(6-7)11-2/h4-6H,3H3. The van der Waals surface area contributed by atoms with Gasteiger partial charge in [-0.1, -0.05) is 6.07 Å². The molecule has 0 N–H and O–H groups in total. The summed E-state index contributed by atoms with van der Waals surface area (Å²) in [5.41, 5.74) is 0.841. The first-order chi connectivity index (χ1) is 5.81. The fourth-order valence-corrected chi connectivity index (χ4v) is 0.835. The molecule has 0 fully saturated rings. The van der Waals surface area contributed by atoms with Gasteiger partial charge >= 0.3 is 0 Å². The predicted octanol–water partition coefficient (Wildman–Crippen LogP) is 2.80. The van der Waals surface area contributed by atoms with Crippen LogP contribution in [-0.2, 0) is 0 Å². The fraction of sp³-hybridized carbons (Fsp3) is 0.111. The average molecular weight is 158 g/mol.